The molecule has 0 spiro atoms. The van der Waals surface area contributed by atoms with Gasteiger partial charge in [0.1, 0.15) is 11.9 Å². The number of aromatic nitrogens is 2. The first-order chi connectivity index (χ1) is 9.83. The number of nitrogens with zero attached hydrogens (tertiary/aromatic N) is 3. The predicted octanol–water partition coefficient (Wildman–Crippen LogP) is 1.93. The van der Waals surface area contributed by atoms with Crippen LogP contribution in [0.4, 0.5) is 5.82 Å². The summed E-state index contributed by atoms with van der Waals surface area (Å²) in [6, 6.07) is 2.71. The molecule has 2 aliphatic heterocycles. The van der Waals surface area contributed by atoms with Crippen LogP contribution < -0.4 is 5.32 Å². The Labute approximate surface area is 119 Å². The molecule has 3 fully saturated rings. The molecule has 1 saturated carbocycles. The van der Waals surface area contributed by atoms with Crippen LogP contribution in [0, 0.1) is 0 Å². The van der Waals surface area contributed by atoms with Crippen molar-refractivity contribution < 1.29 is 4.74 Å². The molecule has 1 N–H and O–H groups in total. The molecule has 0 bridgehead atoms. The first kappa shape index (κ1) is 12.5. The number of ether oxygens (including phenoxy) is 1. The summed E-state index contributed by atoms with van der Waals surface area (Å²) >= 11 is 0. The Kier molecular flexibility index (Phi) is 3.11. The lowest BCUT2D eigenvalue weighted by Crippen LogP contribution is -2.42. The van der Waals surface area contributed by atoms with Crippen molar-refractivity contribution in [3.63, 3.8) is 0 Å². The Bertz CT molecular complexity index is 503. The Morgan fingerprint density at radius 2 is 2.20 bits per heavy atom. The summed E-state index contributed by atoms with van der Waals surface area (Å²) in [5, 5.41) is 3.16. The normalized spacial score (nSPS) is 30.2. The fourth-order valence-electron chi connectivity index (χ4n) is 3.32. The van der Waals surface area contributed by atoms with Gasteiger partial charge in [0.05, 0.1) is 6.61 Å². The number of morpholine rings is 1. The molecule has 5 nitrogen and oxygen atoms in total. The molecule has 2 atom stereocenters. The zero-order valence-corrected chi connectivity index (χ0v) is 12.0. The largest absolute Gasteiger partial charge is 0.373 e. The molecule has 2 unspecified atom stereocenters. The zero-order chi connectivity index (χ0) is 13.5. The van der Waals surface area contributed by atoms with E-state index in [2.05, 4.69) is 21.3 Å². The van der Waals surface area contributed by atoms with Gasteiger partial charge in [-0.1, -0.05) is 0 Å². The van der Waals surface area contributed by atoms with E-state index in [-0.39, 0.29) is 6.10 Å². The molecule has 0 radical (unpaired) electrons. The van der Waals surface area contributed by atoms with E-state index in [9.17, 15) is 0 Å². The van der Waals surface area contributed by atoms with Gasteiger partial charge in [-0.3, -0.25) is 4.90 Å². The Morgan fingerprint density at radius 3 is 3.00 bits per heavy atom. The second-order valence-electron chi connectivity index (χ2n) is 6.17. The van der Waals surface area contributed by atoms with Gasteiger partial charge < -0.3 is 10.1 Å². The van der Waals surface area contributed by atoms with Crippen molar-refractivity contribution in [3.8, 4) is 0 Å². The first-order valence-electron chi connectivity index (χ1n) is 7.76. The summed E-state index contributed by atoms with van der Waals surface area (Å²) in [5.41, 5.74) is 1.19. The summed E-state index contributed by atoms with van der Waals surface area (Å²) < 4.78 is 6.04. The third-order valence-corrected chi connectivity index (χ3v) is 4.69. The first-order valence-corrected chi connectivity index (χ1v) is 7.76. The van der Waals surface area contributed by atoms with E-state index in [0.717, 1.165) is 24.8 Å². The van der Waals surface area contributed by atoms with Crippen LogP contribution in [-0.2, 0) is 4.74 Å². The highest BCUT2D eigenvalue weighted by molar-refractivity contribution is 5.37. The van der Waals surface area contributed by atoms with E-state index < -0.39 is 0 Å². The molecule has 0 aromatic carbocycles. The van der Waals surface area contributed by atoms with Crippen LogP contribution in [0.5, 0.6) is 0 Å². The van der Waals surface area contributed by atoms with E-state index in [1.807, 2.05) is 7.05 Å². The Balaban J connectivity index is 1.59. The second-order valence-corrected chi connectivity index (χ2v) is 6.17. The molecule has 3 aliphatic rings. The third kappa shape index (κ3) is 2.29. The standard InChI is InChI=1S/C15H22N4O/c1-16-14-7-12(10-4-5-10)17-15(18-14)13-8-19-6-2-3-11(19)9-20-13/h7,10-11,13H,2-6,8-9H2,1H3,(H,16,17,18). The van der Waals surface area contributed by atoms with Gasteiger partial charge in [-0.25, -0.2) is 9.97 Å². The van der Waals surface area contributed by atoms with Gasteiger partial charge in [0.25, 0.3) is 0 Å². The Morgan fingerprint density at radius 1 is 1.30 bits per heavy atom. The minimum atomic E-state index is 0.0372. The van der Waals surface area contributed by atoms with Crippen LogP contribution in [0.2, 0.25) is 0 Å². The van der Waals surface area contributed by atoms with Crippen LogP contribution in [-0.4, -0.2) is 47.7 Å². The van der Waals surface area contributed by atoms with Crippen LogP contribution in [0.1, 0.15) is 49.2 Å². The topological polar surface area (TPSA) is 50.3 Å². The maximum Gasteiger partial charge on any atom is 0.161 e. The van der Waals surface area contributed by atoms with Crippen molar-refractivity contribution in [2.75, 3.05) is 32.1 Å². The van der Waals surface area contributed by atoms with Crippen LogP contribution in [0.3, 0.4) is 0 Å². The molecule has 1 aromatic rings. The quantitative estimate of drug-likeness (QED) is 0.912. The van der Waals surface area contributed by atoms with Crippen LogP contribution >= 0.6 is 0 Å². The zero-order valence-electron chi connectivity index (χ0n) is 12.0. The van der Waals surface area contributed by atoms with E-state index in [0.29, 0.717) is 12.0 Å². The smallest absolute Gasteiger partial charge is 0.161 e. The van der Waals surface area contributed by atoms with Crippen LogP contribution in [0.15, 0.2) is 6.07 Å². The monoisotopic (exact) mass is 274 g/mol. The highest BCUT2D eigenvalue weighted by Crippen LogP contribution is 2.40. The average Bonchev–Trinajstić information content (AvgIpc) is 3.24. The molecule has 4 rings (SSSR count). The SMILES string of the molecule is CNc1cc(C2CC2)nc(C2CN3CCCC3CO2)n1. The average molecular weight is 274 g/mol. The molecule has 108 valence electrons. The number of nitrogens with one attached hydrogen (secondary N) is 1. The maximum atomic E-state index is 6.04. The fourth-order valence-corrected chi connectivity index (χ4v) is 3.32. The predicted molar refractivity (Wildman–Crippen MR) is 76.8 cm³/mol. The number of fused-ring (bicyclic) bond motifs is 1. The number of rotatable bonds is 3. The minimum Gasteiger partial charge on any atom is -0.373 e. The molecule has 1 aromatic heterocycles. The maximum absolute atomic E-state index is 6.04. The number of hydrogen-bond acceptors (Lipinski definition) is 5. The molecular formula is C15H22N4O. The lowest BCUT2D eigenvalue weighted by molar-refractivity contribution is -0.0541. The molecule has 3 heterocycles. The summed E-state index contributed by atoms with van der Waals surface area (Å²) in [4.78, 5) is 11.9. The van der Waals surface area contributed by atoms with Gasteiger partial charge in [-0.05, 0) is 32.2 Å². The fraction of sp³-hybridized carbons (Fsp3) is 0.733. The summed E-state index contributed by atoms with van der Waals surface area (Å²) in [6.07, 6.45) is 5.14. The van der Waals surface area contributed by atoms with Gasteiger partial charge in [0.2, 0.25) is 0 Å². The highest BCUT2D eigenvalue weighted by atomic mass is 16.5. The Hall–Kier alpha value is -1.20. The van der Waals surface area contributed by atoms with Gasteiger partial charge in [-0.2, -0.15) is 0 Å². The van der Waals surface area contributed by atoms with Crippen molar-refractivity contribution in [1.29, 1.82) is 0 Å². The van der Waals surface area contributed by atoms with Crippen molar-refractivity contribution in [1.82, 2.24) is 14.9 Å². The van der Waals surface area contributed by atoms with E-state index in [1.54, 1.807) is 0 Å². The molecular weight excluding hydrogens is 252 g/mol. The van der Waals surface area contributed by atoms with Gasteiger partial charge in [0, 0.05) is 37.3 Å². The van der Waals surface area contributed by atoms with Crippen molar-refractivity contribution in [2.24, 2.45) is 0 Å². The van der Waals surface area contributed by atoms with Gasteiger partial charge in [-0.15, -0.1) is 0 Å². The summed E-state index contributed by atoms with van der Waals surface area (Å²) in [6.45, 7) is 2.98. The lowest BCUT2D eigenvalue weighted by atomic mass is 10.1. The number of hydrogen-bond donors (Lipinski definition) is 1. The molecule has 5 heteroatoms. The summed E-state index contributed by atoms with van der Waals surface area (Å²) in [5.74, 6) is 2.43. The van der Waals surface area contributed by atoms with Crippen molar-refractivity contribution in [3.05, 3.63) is 17.6 Å². The van der Waals surface area contributed by atoms with Gasteiger partial charge in [0.15, 0.2) is 5.82 Å². The molecule has 20 heavy (non-hydrogen) atoms. The second kappa shape index (κ2) is 4.97. The highest BCUT2D eigenvalue weighted by Gasteiger charge is 2.35. The van der Waals surface area contributed by atoms with E-state index in [1.165, 1.54) is 37.9 Å². The number of anilines is 1. The lowest BCUT2D eigenvalue weighted by Gasteiger charge is -2.34. The third-order valence-electron chi connectivity index (χ3n) is 4.69. The van der Waals surface area contributed by atoms with E-state index >= 15 is 0 Å². The van der Waals surface area contributed by atoms with E-state index in [4.69, 9.17) is 9.72 Å². The van der Waals surface area contributed by atoms with Crippen LogP contribution in [0.25, 0.3) is 0 Å². The molecule has 0 amide bonds. The van der Waals surface area contributed by atoms with Crippen molar-refractivity contribution >= 4 is 5.82 Å². The van der Waals surface area contributed by atoms with Crippen molar-refractivity contribution in [2.45, 2.75) is 43.7 Å². The molecule has 2 saturated heterocycles. The minimum absolute atomic E-state index is 0.0372. The summed E-state index contributed by atoms with van der Waals surface area (Å²) in [7, 11) is 1.92. The molecule has 1 aliphatic carbocycles. The van der Waals surface area contributed by atoms with Gasteiger partial charge >= 0.3 is 0 Å².